The monoisotopic (exact) mass is 337 g/mol. The van der Waals surface area contributed by atoms with Crippen molar-refractivity contribution in [3.8, 4) is 0 Å². The summed E-state index contributed by atoms with van der Waals surface area (Å²) in [6, 6.07) is 6.19. The van der Waals surface area contributed by atoms with Crippen molar-refractivity contribution < 1.29 is 42.4 Å². The molecule has 1 aromatic carbocycles. The van der Waals surface area contributed by atoms with Gasteiger partial charge in [0.2, 0.25) is 0 Å². The summed E-state index contributed by atoms with van der Waals surface area (Å²) in [7, 11) is 0. The van der Waals surface area contributed by atoms with Crippen molar-refractivity contribution in [2.45, 2.75) is 38.5 Å². The number of carbonyl (C=O) groups excluding carboxylic acids is 1. The maximum atomic E-state index is 11.9. The molecule has 0 N–H and O–H groups in total. The van der Waals surface area contributed by atoms with Crippen LogP contribution in [0.3, 0.4) is 0 Å². The molecule has 4 nitrogen and oxygen atoms in total. The first-order chi connectivity index (χ1) is 8.56. The largest absolute Gasteiger partial charge is 0.343 e. The zero-order chi connectivity index (χ0) is 13.5. The second-order valence-electron chi connectivity index (χ2n) is 4.35. The number of nitro groups is 1. The van der Waals surface area contributed by atoms with E-state index in [1.807, 2.05) is 6.92 Å². The molecule has 1 rings (SSSR count). The number of unbranched alkanes of at least 4 members (excludes halogenated alkanes) is 2. The maximum absolute atomic E-state index is 11.9. The summed E-state index contributed by atoms with van der Waals surface area (Å²) in [6.07, 6.45) is 3.21. The van der Waals surface area contributed by atoms with E-state index < -0.39 is 4.92 Å². The molecule has 0 saturated carbocycles. The van der Waals surface area contributed by atoms with Crippen LogP contribution in [0, 0.1) is 17.0 Å². The molecule has 0 aliphatic heterocycles. The summed E-state index contributed by atoms with van der Waals surface area (Å²) < 4.78 is 0. The number of hydrogen-bond donors (Lipinski definition) is 0. The summed E-state index contributed by atoms with van der Waals surface area (Å²) >= 11 is 0. The molecule has 1 aromatic rings. The summed E-state index contributed by atoms with van der Waals surface area (Å²) in [5.74, 6) is -0.0204. The normalized spacial score (nSPS) is 11.5. The second-order valence-corrected chi connectivity index (χ2v) is 4.35. The van der Waals surface area contributed by atoms with Gasteiger partial charge in [-0.2, -0.15) is 6.42 Å². The van der Waals surface area contributed by atoms with Gasteiger partial charge in [0.15, 0.2) is 0 Å². The van der Waals surface area contributed by atoms with E-state index in [4.69, 9.17) is 0 Å². The fourth-order valence-electron chi connectivity index (χ4n) is 1.76. The number of benzene rings is 1. The first-order valence-corrected chi connectivity index (χ1v) is 6.12. The van der Waals surface area contributed by atoms with Gasteiger partial charge in [0.25, 0.3) is 5.69 Å². The van der Waals surface area contributed by atoms with Gasteiger partial charge in [-0.05, 0) is 12.0 Å². The molecular weight excluding hydrogens is 319 g/mol. The van der Waals surface area contributed by atoms with Gasteiger partial charge in [0, 0.05) is 57.2 Å². The Bertz CT molecular complexity index is 417. The fourth-order valence-corrected chi connectivity index (χ4v) is 1.76. The zero-order valence-corrected chi connectivity index (χ0v) is 14.0. The first kappa shape index (κ1) is 18.4. The van der Waals surface area contributed by atoms with Crippen LogP contribution >= 0.6 is 0 Å². The van der Waals surface area contributed by atoms with Crippen molar-refractivity contribution in [1.29, 1.82) is 0 Å². The fraction of sp³-hybridized carbons (Fsp3) is 0.429. The summed E-state index contributed by atoms with van der Waals surface area (Å²) in [5, 5.41) is 10.5. The Morgan fingerprint density at radius 3 is 2.37 bits per heavy atom. The Balaban J connectivity index is 0.00000324. The predicted octanol–water partition coefficient (Wildman–Crippen LogP) is 3.66. The molecule has 0 spiro atoms. The van der Waals surface area contributed by atoms with E-state index in [2.05, 4.69) is 6.92 Å². The Morgan fingerprint density at radius 1 is 1.32 bits per heavy atom. The van der Waals surface area contributed by atoms with Gasteiger partial charge >= 0.3 is 0 Å². The van der Waals surface area contributed by atoms with Gasteiger partial charge in [-0.25, -0.2) is 0 Å². The van der Waals surface area contributed by atoms with Crippen LogP contribution in [-0.2, 0) is 37.5 Å². The smallest absolute Gasteiger partial charge is 0.269 e. The Kier molecular flexibility index (Phi) is 9.02. The van der Waals surface area contributed by atoms with Gasteiger partial charge < -0.3 is 6.92 Å². The van der Waals surface area contributed by atoms with Crippen molar-refractivity contribution in [2.75, 3.05) is 0 Å². The molecule has 101 valence electrons. The van der Waals surface area contributed by atoms with Gasteiger partial charge in [-0.15, -0.1) is 0 Å². The van der Waals surface area contributed by atoms with Crippen molar-refractivity contribution >= 4 is 11.5 Å². The number of nitrogens with zero attached hydrogens (tertiary/aromatic N) is 1. The number of carbonyl (C=O) groups is 1. The average Bonchev–Trinajstić information content (AvgIpc) is 2.38. The molecule has 0 heterocycles. The zero-order valence-electron chi connectivity index (χ0n) is 11.2. The first-order valence-electron chi connectivity index (χ1n) is 6.12. The molecule has 0 saturated heterocycles. The van der Waals surface area contributed by atoms with E-state index >= 15 is 0 Å². The summed E-state index contributed by atoms with van der Waals surface area (Å²) in [6.45, 7) is 5.58. The van der Waals surface area contributed by atoms with Crippen molar-refractivity contribution in [3.63, 3.8) is 0 Å². The minimum absolute atomic E-state index is 0. The number of hydrogen-bond acceptors (Lipinski definition) is 3. The molecule has 19 heavy (non-hydrogen) atoms. The second kappa shape index (κ2) is 9.32. The molecule has 0 aromatic heterocycles. The molecule has 0 amide bonds. The summed E-state index contributed by atoms with van der Waals surface area (Å²) in [4.78, 5) is 22.0. The van der Waals surface area contributed by atoms with Gasteiger partial charge in [0.05, 0.1) is 4.92 Å². The predicted molar refractivity (Wildman–Crippen MR) is 70.3 cm³/mol. The Morgan fingerprint density at radius 2 is 1.89 bits per heavy atom. The van der Waals surface area contributed by atoms with Crippen molar-refractivity contribution in [1.82, 2.24) is 0 Å². The molecule has 0 aliphatic rings. The number of rotatable bonds is 7. The van der Waals surface area contributed by atoms with E-state index in [0.29, 0.717) is 6.42 Å². The van der Waals surface area contributed by atoms with E-state index in [9.17, 15) is 14.9 Å². The van der Waals surface area contributed by atoms with Crippen LogP contribution in [0.1, 0.15) is 44.1 Å². The van der Waals surface area contributed by atoms with Gasteiger partial charge in [-0.3, -0.25) is 14.9 Å². The van der Waals surface area contributed by atoms with Crippen LogP contribution in [0.4, 0.5) is 5.69 Å². The molecule has 0 fully saturated rings. The number of Topliss-reactive ketones (excluding diaryl/α,β-unsaturated/α-hetero) is 1. The van der Waals surface area contributed by atoms with Crippen LogP contribution in [0.15, 0.2) is 24.3 Å². The molecule has 1 radical (unpaired) electrons. The quantitative estimate of drug-likeness (QED) is 0.330. The topological polar surface area (TPSA) is 60.2 Å². The minimum atomic E-state index is -0.440. The molecule has 0 bridgehead atoms. The molecular formula is C14H18NO3Y-. The van der Waals surface area contributed by atoms with Crippen molar-refractivity contribution in [2.24, 2.45) is 0 Å². The molecule has 1 unspecified atom stereocenters. The Labute approximate surface area is 139 Å². The third-order valence-electron chi connectivity index (χ3n) is 3.01. The van der Waals surface area contributed by atoms with Crippen LogP contribution < -0.4 is 0 Å². The van der Waals surface area contributed by atoms with Crippen LogP contribution in [0.5, 0.6) is 0 Å². The van der Waals surface area contributed by atoms with Gasteiger partial charge in [-0.1, -0.05) is 25.5 Å². The third kappa shape index (κ3) is 5.92. The van der Waals surface area contributed by atoms with Crippen LogP contribution in [-0.4, -0.2) is 10.7 Å². The number of nitro benzene ring substituents is 1. The van der Waals surface area contributed by atoms with E-state index in [1.54, 1.807) is 12.1 Å². The molecule has 1 atom stereocenters. The minimum Gasteiger partial charge on any atom is -0.343 e. The third-order valence-corrected chi connectivity index (χ3v) is 3.01. The maximum Gasteiger partial charge on any atom is 0.269 e. The van der Waals surface area contributed by atoms with E-state index in [0.717, 1.165) is 24.8 Å². The molecule has 0 aliphatic carbocycles. The number of ketones is 1. The number of non-ortho nitro benzene ring substituents is 1. The van der Waals surface area contributed by atoms with Gasteiger partial charge in [0.1, 0.15) is 5.78 Å². The Hall–Kier alpha value is -0.606. The summed E-state index contributed by atoms with van der Waals surface area (Å²) in [5.41, 5.74) is 0.885. The van der Waals surface area contributed by atoms with Crippen molar-refractivity contribution in [3.05, 3.63) is 46.9 Å². The van der Waals surface area contributed by atoms with Crippen LogP contribution in [0.2, 0.25) is 0 Å². The molecule has 5 heteroatoms. The van der Waals surface area contributed by atoms with E-state index in [1.165, 1.54) is 12.1 Å². The van der Waals surface area contributed by atoms with Crippen LogP contribution in [0.25, 0.3) is 0 Å². The van der Waals surface area contributed by atoms with E-state index in [-0.39, 0.29) is 50.1 Å². The average molecular weight is 337 g/mol. The SMILES string of the molecule is [CH2-]CCCCC(=O)C(C)c1ccc([N+](=O)[O-])cc1.[Y]. The standard InChI is InChI=1S/C14H18NO3.Y/c1-3-4-5-6-14(16)11(2)12-7-9-13(10-8-12)15(17)18;/h7-11H,1,3-6H2,2H3;/q-1;.